The summed E-state index contributed by atoms with van der Waals surface area (Å²) in [4.78, 5) is 26.1. The van der Waals surface area contributed by atoms with Crippen LogP contribution in [0.15, 0.2) is 30.3 Å². The molecular weight excluding hydrogens is 360 g/mol. The zero-order valence-electron chi connectivity index (χ0n) is 15.7. The number of fused-ring (bicyclic) bond motifs is 3. The highest BCUT2D eigenvalue weighted by Gasteiger charge is 2.30. The minimum absolute atomic E-state index is 0.0637. The van der Waals surface area contributed by atoms with Crippen LogP contribution in [-0.4, -0.2) is 24.0 Å². The summed E-state index contributed by atoms with van der Waals surface area (Å²) in [7, 11) is 0. The Kier molecular flexibility index (Phi) is 5.33. The second-order valence-corrected chi connectivity index (χ2v) is 8.27. The van der Waals surface area contributed by atoms with Gasteiger partial charge in [0.1, 0.15) is 10.4 Å². The highest BCUT2D eigenvalue weighted by molar-refractivity contribution is 7.17. The van der Waals surface area contributed by atoms with E-state index in [4.69, 9.17) is 4.74 Å². The maximum Gasteiger partial charge on any atom is 0.348 e. The van der Waals surface area contributed by atoms with E-state index in [-0.39, 0.29) is 5.92 Å². The van der Waals surface area contributed by atoms with E-state index in [1.807, 2.05) is 32.0 Å². The van der Waals surface area contributed by atoms with Crippen LogP contribution >= 0.6 is 11.3 Å². The molecule has 6 heteroatoms. The number of nitrogens with zero attached hydrogens (tertiary/aromatic N) is 1. The number of ether oxygens (including phenoxy) is 1. The topological polar surface area (TPSA) is 79.2 Å². The maximum atomic E-state index is 12.4. The van der Waals surface area contributed by atoms with Gasteiger partial charge in [-0.15, -0.1) is 11.3 Å². The second-order valence-electron chi connectivity index (χ2n) is 7.22. The number of amides is 1. The number of thiophene rings is 1. The summed E-state index contributed by atoms with van der Waals surface area (Å²) < 4.78 is 5.18. The van der Waals surface area contributed by atoms with Crippen LogP contribution in [0.2, 0.25) is 0 Å². The van der Waals surface area contributed by atoms with Crippen molar-refractivity contribution in [2.45, 2.75) is 39.2 Å². The molecule has 0 radical (unpaired) electrons. The fourth-order valence-electron chi connectivity index (χ4n) is 3.00. The normalized spacial score (nSPS) is 14.5. The summed E-state index contributed by atoms with van der Waals surface area (Å²) in [5.41, 5.74) is 2.61. The fraction of sp³-hybridized carbons (Fsp3) is 0.381. The first-order valence-electron chi connectivity index (χ1n) is 8.94. The van der Waals surface area contributed by atoms with Crippen molar-refractivity contribution in [2.75, 3.05) is 6.61 Å². The summed E-state index contributed by atoms with van der Waals surface area (Å²) in [5.74, 6) is -1.05. The monoisotopic (exact) mass is 382 g/mol. The van der Waals surface area contributed by atoms with Crippen LogP contribution in [0, 0.1) is 17.2 Å². The van der Waals surface area contributed by atoms with Crippen molar-refractivity contribution in [1.29, 1.82) is 5.26 Å². The molecule has 0 spiro atoms. The summed E-state index contributed by atoms with van der Waals surface area (Å²) in [5, 5.41) is 11.9. The Hall–Kier alpha value is -2.65. The number of aryl methyl sites for hydroxylation is 2. The fourth-order valence-corrected chi connectivity index (χ4v) is 4.17. The third-order valence-corrected chi connectivity index (χ3v) is 6.25. The minimum atomic E-state index is -0.991. The van der Waals surface area contributed by atoms with Crippen LogP contribution in [0.5, 0.6) is 0 Å². The third-order valence-electron chi connectivity index (χ3n) is 5.06. The lowest BCUT2D eigenvalue weighted by atomic mass is 9.90. The van der Waals surface area contributed by atoms with Gasteiger partial charge in [-0.25, -0.2) is 4.79 Å². The first-order valence-corrected chi connectivity index (χ1v) is 9.76. The molecule has 1 atom stereocenters. The van der Waals surface area contributed by atoms with E-state index in [2.05, 4.69) is 23.5 Å². The molecule has 1 heterocycles. The highest BCUT2D eigenvalue weighted by atomic mass is 32.1. The molecule has 1 aliphatic rings. The average Bonchev–Trinajstić information content (AvgIpc) is 3.10. The number of hydrogen-bond acceptors (Lipinski definition) is 5. The van der Waals surface area contributed by atoms with Crippen molar-refractivity contribution in [3.8, 4) is 16.5 Å². The number of nitrogens with one attached hydrogen (secondary N) is 1. The number of benzene rings is 1. The summed E-state index contributed by atoms with van der Waals surface area (Å²) in [6, 6.07) is 12.2. The summed E-state index contributed by atoms with van der Waals surface area (Å²) in [6.07, 6.45) is 1.85. The van der Waals surface area contributed by atoms with Crippen LogP contribution in [0.3, 0.4) is 0 Å². The SMILES string of the molecule is CC(C)C(C)(C#N)NC(=O)COC(=O)c1cc2c(s1)-c1ccccc1CC2. The van der Waals surface area contributed by atoms with Crippen LogP contribution in [0.1, 0.15) is 41.6 Å². The summed E-state index contributed by atoms with van der Waals surface area (Å²) in [6.45, 7) is 4.96. The van der Waals surface area contributed by atoms with Crippen LogP contribution in [0.4, 0.5) is 0 Å². The van der Waals surface area contributed by atoms with Gasteiger partial charge in [-0.05, 0) is 48.4 Å². The van der Waals surface area contributed by atoms with Gasteiger partial charge >= 0.3 is 5.97 Å². The van der Waals surface area contributed by atoms with Gasteiger partial charge in [0.15, 0.2) is 6.61 Å². The number of nitriles is 1. The Balaban J connectivity index is 1.66. The number of hydrogen-bond donors (Lipinski definition) is 1. The van der Waals surface area contributed by atoms with Crippen molar-refractivity contribution in [3.63, 3.8) is 0 Å². The van der Waals surface area contributed by atoms with Crippen LogP contribution in [0.25, 0.3) is 10.4 Å². The van der Waals surface area contributed by atoms with Gasteiger partial charge in [0.05, 0.1) is 6.07 Å². The lowest BCUT2D eigenvalue weighted by Crippen LogP contribution is -2.50. The summed E-state index contributed by atoms with van der Waals surface area (Å²) >= 11 is 1.40. The van der Waals surface area contributed by atoms with Gasteiger partial charge in [0, 0.05) is 4.88 Å². The molecule has 27 heavy (non-hydrogen) atoms. The lowest BCUT2D eigenvalue weighted by Gasteiger charge is -2.27. The predicted octanol–water partition coefficient (Wildman–Crippen LogP) is 3.72. The van der Waals surface area contributed by atoms with Crippen molar-refractivity contribution >= 4 is 23.2 Å². The molecule has 1 aromatic heterocycles. The maximum absolute atomic E-state index is 12.4. The molecule has 1 aromatic carbocycles. The molecule has 1 amide bonds. The van der Waals surface area contributed by atoms with E-state index < -0.39 is 24.0 Å². The number of esters is 1. The van der Waals surface area contributed by atoms with E-state index in [1.54, 1.807) is 6.92 Å². The largest absolute Gasteiger partial charge is 0.451 e. The molecule has 1 aliphatic carbocycles. The van der Waals surface area contributed by atoms with Crippen molar-refractivity contribution < 1.29 is 14.3 Å². The van der Waals surface area contributed by atoms with Crippen molar-refractivity contribution in [1.82, 2.24) is 5.32 Å². The Morgan fingerprint density at radius 2 is 2.00 bits per heavy atom. The Morgan fingerprint density at radius 3 is 2.70 bits per heavy atom. The molecular formula is C21H22N2O3S. The van der Waals surface area contributed by atoms with Crippen molar-refractivity contribution in [3.05, 3.63) is 46.3 Å². The van der Waals surface area contributed by atoms with E-state index in [0.717, 1.165) is 23.3 Å². The molecule has 1 N–H and O–H groups in total. The molecule has 1 unspecified atom stereocenters. The smallest absolute Gasteiger partial charge is 0.348 e. The lowest BCUT2D eigenvalue weighted by molar-refractivity contribution is -0.125. The molecule has 0 saturated heterocycles. The van der Waals surface area contributed by atoms with E-state index in [9.17, 15) is 14.9 Å². The zero-order chi connectivity index (χ0) is 19.6. The molecule has 0 aliphatic heterocycles. The number of carbonyl (C=O) groups is 2. The van der Waals surface area contributed by atoms with E-state index >= 15 is 0 Å². The molecule has 140 valence electrons. The van der Waals surface area contributed by atoms with E-state index in [1.165, 1.54) is 22.5 Å². The van der Waals surface area contributed by atoms with Gasteiger partial charge in [0.2, 0.25) is 0 Å². The van der Waals surface area contributed by atoms with Gasteiger partial charge in [0.25, 0.3) is 5.91 Å². The Labute approximate surface area is 163 Å². The minimum Gasteiger partial charge on any atom is -0.451 e. The standard InChI is InChI=1S/C21H22N2O3S/c1-13(2)21(3,12-22)23-18(24)11-26-20(25)17-10-15-9-8-14-6-4-5-7-16(14)19(15)27-17/h4-7,10,13H,8-9,11H2,1-3H3,(H,23,24). The van der Waals surface area contributed by atoms with Gasteiger partial charge in [-0.2, -0.15) is 5.26 Å². The number of rotatable bonds is 5. The third kappa shape index (κ3) is 3.88. The highest BCUT2D eigenvalue weighted by Crippen LogP contribution is 2.39. The van der Waals surface area contributed by atoms with Gasteiger partial charge in [-0.3, -0.25) is 4.79 Å². The van der Waals surface area contributed by atoms with Crippen LogP contribution in [-0.2, 0) is 22.4 Å². The first-order chi connectivity index (χ1) is 12.8. The molecule has 3 rings (SSSR count). The van der Waals surface area contributed by atoms with Crippen molar-refractivity contribution in [2.24, 2.45) is 5.92 Å². The average molecular weight is 382 g/mol. The van der Waals surface area contributed by atoms with Gasteiger partial charge in [-0.1, -0.05) is 38.1 Å². The molecule has 5 nitrogen and oxygen atoms in total. The predicted molar refractivity (Wildman–Crippen MR) is 104 cm³/mol. The zero-order valence-corrected chi connectivity index (χ0v) is 16.5. The molecule has 2 aromatic rings. The molecule has 0 saturated carbocycles. The second kappa shape index (κ2) is 7.53. The Morgan fingerprint density at radius 1 is 1.30 bits per heavy atom. The molecule has 0 bridgehead atoms. The van der Waals surface area contributed by atoms with E-state index in [0.29, 0.717) is 4.88 Å². The molecule has 0 fully saturated rings. The van der Waals surface area contributed by atoms with Crippen LogP contribution < -0.4 is 5.32 Å². The Bertz CT molecular complexity index is 926. The number of carbonyl (C=O) groups excluding carboxylic acids is 2. The quantitative estimate of drug-likeness (QED) is 0.799. The first kappa shape index (κ1) is 19.1. The van der Waals surface area contributed by atoms with Gasteiger partial charge < -0.3 is 10.1 Å².